The van der Waals surface area contributed by atoms with Crippen molar-refractivity contribution in [3.8, 4) is 0 Å². The highest BCUT2D eigenvalue weighted by Gasteiger charge is 2.37. The second-order valence-electron chi connectivity index (χ2n) is 4.45. The molecule has 1 aromatic carbocycles. The van der Waals surface area contributed by atoms with Crippen molar-refractivity contribution < 1.29 is 18.7 Å². The summed E-state index contributed by atoms with van der Waals surface area (Å²) in [4.78, 5) is 11.3. The van der Waals surface area contributed by atoms with Crippen molar-refractivity contribution in [1.29, 1.82) is 0 Å². The Morgan fingerprint density at radius 1 is 1.44 bits per heavy atom. The molecule has 18 heavy (non-hydrogen) atoms. The Labute approximate surface area is 105 Å². The van der Waals surface area contributed by atoms with E-state index in [0.29, 0.717) is 12.8 Å². The molecule has 0 heterocycles. The summed E-state index contributed by atoms with van der Waals surface area (Å²) in [6.07, 6.45) is 0.839. The number of carbonyl (C=O) groups is 1. The first-order chi connectivity index (χ1) is 8.45. The largest absolute Gasteiger partial charge is 0.481 e. The van der Waals surface area contributed by atoms with Gasteiger partial charge in [-0.05, 0) is 36.6 Å². The zero-order valence-corrected chi connectivity index (χ0v) is 10.2. The van der Waals surface area contributed by atoms with Crippen molar-refractivity contribution in [1.82, 2.24) is 0 Å². The van der Waals surface area contributed by atoms with E-state index >= 15 is 0 Å². The van der Waals surface area contributed by atoms with E-state index in [2.05, 4.69) is 0 Å². The molecule has 0 saturated carbocycles. The second kappa shape index (κ2) is 5.91. The van der Waals surface area contributed by atoms with Crippen LogP contribution < -0.4 is 5.73 Å². The molecule has 0 aliphatic heterocycles. The van der Waals surface area contributed by atoms with Crippen LogP contribution in [0.5, 0.6) is 0 Å². The highest BCUT2D eigenvalue weighted by molar-refractivity contribution is 5.75. The number of benzene rings is 1. The summed E-state index contributed by atoms with van der Waals surface area (Å²) in [5.74, 6) is -2.26. The fraction of sp³-hybridized carbons (Fsp3) is 0.462. The van der Waals surface area contributed by atoms with E-state index in [0.717, 1.165) is 18.2 Å². The van der Waals surface area contributed by atoms with E-state index in [1.54, 1.807) is 0 Å². The van der Waals surface area contributed by atoms with Gasteiger partial charge >= 0.3 is 5.97 Å². The number of hydrogen-bond donors (Lipinski definition) is 2. The number of carboxylic acids is 1. The zero-order valence-electron chi connectivity index (χ0n) is 10.2. The third-order valence-corrected chi connectivity index (χ3v) is 3.11. The van der Waals surface area contributed by atoms with Crippen LogP contribution in [0.25, 0.3) is 0 Å². The highest BCUT2D eigenvalue weighted by atomic mass is 19.1. The molecule has 0 amide bonds. The van der Waals surface area contributed by atoms with Gasteiger partial charge in [-0.15, -0.1) is 0 Å². The molecular formula is C13H17F2NO2. The second-order valence-corrected chi connectivity index (χ2v) is 4.45. The first-order valence-electron chi connectivity index (χ1n) is 5.82. The molecule has 1 unspecified atom stereocenters. The Morgan fingerprint density at radius 3 is 2.61 bits per heavy atom. The summed E-state index contributed by atoms with van der Waals surface area (Å²) in [5, 5.41) is 9.28. The monoisotopic (exact) mass is 257 g/mol. The zero-order chi connectivity index (χ0) is 13.8. The Balaban J connectivity index is 3.09. The van der Waals surface area contributed by atoms with Crippen LogP contribution in [0.3, 0.4) is 0 Å². The minimum absolute atomic E-state index is 0.0521. The van der Waals surface area contributed by atoms with Crippen molar-refractivity contribution in [2.75, 3.05) is 6.54 Å². The van der Waals surface area contributed by atoms with Gasteiger partial charge in [0.2, 0.25) is 0 Å². The van der Waals surface area contributed by atoms with Crippen LogP contribution in [-0.4, -0.2) is 17.6 Å². The molecule has 0 fully saturated rings. The molecule has 0 aliphatic carbocycles. The van der Waals surface area contributed by atoms with E-state index < -0.39 is 23.0 Å². The van der Waals surface area contributed by atoms with Crippen LogP contribution in [0, 0.1) is 17.0 Å². The number of halogens is 2. The number of rotatable bonds is 6. The van der Waals surface area contributed by atoms with Gasteiger partial charge in [0.05, 0.1) is 5.41 Å². The van der Waals surface area contributed by atoms with Crippen LogP contribution >= 0.6 is 0 Å². The molecule has 0 spiro atoms. The van der Waals surface area contributed by atoms with Gasteiger partial charge in [0.1, 0.15) is 11.6 Å². The summed E-state index contributed by atoms with van der Waals surface area (Å²) in [6, 6.07) is 3.03. The molecule has 1 atom stereocenters. The lowest BCUT2D eigenvalue weighted by Crippen LogP contribution is -2.40. The van der Waals surface area contributed by atoms with Crippen LogP contribution in [0.1, 0.15) is 25.3 Å². The van der Waals surface area contributed by atoms with Crippen molar-refractivity contribution in [3.63, 3.8) is 0 Å². The van der Waals surface area contributed by atoms with E-state index in [1.807, 2.05) is 6.92 Å². The Hall–Kier alpha value is -1.49. The molecule has 1 rings (SSSR count). The number of nitrogens with two attached hydrogens (primary N) is 1. The third kappa shape index (κ3) is 3.04. The van der Waals surface area contributed by atoms with E-state index in [-0.39, 0.29) is 18.5 Å². The lowest BCUT2D eigenvalue weighted by Gasteiger charge is -2.27. The van der Waals surface area contributed by atoms with Crippen molar-refractivity contribution in [2.24, 2.45) is 11.1 Å². The molecule has 0 bridgehead atoms. The molecule has 0 radical (unpaired) electrons. The fourth-order valence-electron chi connectivity index (χ4n) is 2.05. The molecule has 0 aromatic heterocycles. The maximum atomic E-state index is 13.5. The quantitative estimate of drug-likeness (QED) is 0.822. The Kier molecular flexibility index (Phi) is 4.78. The lowest BCUT2D eigenvalue weighted by atomic mass is 9.78. The van der Waals surface area contributed by atoms with Crippen LogP contribution in [0.4, 0.5) is 8.78 Å². The van der Waals surface area contributed by atoms with Gasteiger partial charge in [0.15, 0.2) is 0 Å². The summed E-state index contributed by atoms with van der Waals surface area (Å²) < 4.78 is 26.6. The minimum atomic E-state index is -1.23. The maximum absolute atomic E-state index is 13.5. The first kappa shape index (κ1) is 14.6. The Morgan fingerprint density at radius 2 is 2.11 bits per heavy atom. The molecule has 1 aromatic rings. The van der Waals surface area contributed by atoms with E-state index in [1.165, 1.54) is 0 Å². The molecule has 0 saturated heterocycles. The number of hydrogen-bond acceptors (Lipinski definition) is 2. The first-order valence-corrected chi connectivity index (χ1v) is 5.82. The smallest absolute Gasteiger partial charge is 0.311 e. The van der Waals surface area contributed by atoms with E-state index in [9.17, 15) is 18.7 Å². The topological polar surface area (TPSA) is 63.3 Å². The number of aliphatic carboxylic acids is 1. The molecular weight excluding hydrogens is 240 g/mol. The van der Waals surface area contributed by atoms with Gasteiger partial charge in [-0.1, -0.05) is 13.3 Å². The van der Waals surface area contributed by atoms with Crippen LogP contribution in [-0.2, 0) is 11.2 Å². The summed E-state index contributed by atoms with van der Waals surface area (Å²) in [7, 11) is 0. The van der Waals surface area contributed by atoms with Gasteiger partial charge < -0.3 is 10.8 Å². The van der Waals surface area contributed by atoms with Crippen molar-refractivity contribution >= 4 is 5.97 Å². The lowest BCUT2D eigenvalue weighted by molar-refractivity contribution is -0.148. The maximum Gasteiger partial charge on any atom is 0.311 e. The normalized spacial score (nSPS) is 14.2. The molecule has 100 valence electrons. The van der Waals surface area contributed by atoms with Gasteiger partial charge in [0.25, 0.3) is 0 Å². The SMILES string of the molecule is CCCC(CN)(Cc1cc(F)ccc1F)C(=O)O. The fourth-order valence-corrected chi connectivity index (χ4v) is 2.05. The predicted molar refractivity (Wildman–Crippen MR) is 64.1 cm³/mol. The molecule has 3 nitrogen and oxygen atoms in total. The van der Waals surface area contributed by atoms with Crippen LogP contribution in [0.2, 0.25) is 0 Å². The molecule has 5 heteroatoms. The number of carboxylic acid groups (broad SMARTS) is 1. The van der Waals surface area contributed by atoms with Gasteiger partial charge in [-0.2, -0.15) is 0 Å². The van der Waals surface area contributed by atoms with Gasteiger partial charge in [0, 0.05) is 6.54 Å². The molecule has 3 N–H and O–H groups in total. The minimum Gasteiger partial charge on any atom is -0.481 e. The summed E-state index contributed by atoms with van der Waals surface area (Å²) in [5.41, 5.74) is 4.35. The molecule has 0 aliphatic rings. The van der Waals surface area contributed by atoms with Gasteiger partial charge in [-0.3, -0.25) is 4.79 Å². The van der Waals surface area contributed by atoms with Gasteiger partial charge in [-0.25, -0.2) is 8.78 Å². The van der Waals surface area contributed by atoms with Crippen molar-refractivity contribution in [2.45, 2.75) is 26.2 Å². The summed E-state index contributed by atoms with van der Waals surface area (Å²) >= 11 is 0. The predicted octanol–water partition coefficient (Wildman–Crippen LogP) is 2.34. The highest BCUT2D eigenvalue weighted by Crippen LogP contribution is 2.29. The standard InChI is InChI=1S/C13H17F2NO2/c1-2-5-13(8-16,12(17)18)7-9-6-10(14)3-4-11(9)15/h3-4,6H,2,5,7-8,16H2,1H3,(H,17,18). The van der Waals surface area contributed by atoms with E-state index in [4.69, 9.17) is 5.73 Å². The van der Waals surface area contributed by atoms with Crippen LogP contribution in [0.15, 0.2) is 18.2 Å². The average molecular weight is 257 g/mol. The van der Waals surface area contributed by atoms with Crippen molar-refractivity contribution in [3.05, 3.63) is 35.4 Å². The summed E-state index contributed by atoms with van der Waals surface area (Å²) in [6.45, 7) is 1.72. The average Bonchev–Trinajstić information content (AvgIpc) is 2.32. The third-order valence-electron chi connectivity index (χ3n) is 3.11. The Bertz CT molecular complexity index is 437.